The van der Waals surface area contributed by atoms with Gasteiger partial charge in [0.05, 0.1) is 0 Å². The summed E-state index contributed by atoms with van der Waals surface area (Å²) in [7, 11) is 0. The Morgan fingerprint density at radius 1 is 1.06 bits per heavy atom. The monoisotopic (exact) mass is 255 g/mol. The molecule has 0 fully saturated rings. The van der Waals surface area contributed by atoms with Gasteiger partial charge in [-0.1, -0.05) is 0 Å². The van der Waals surface area contributed by atoms with Gasteiger partial charge in [-0.15, -0.1) is 0 Å². The van der Waals surface area contributed by atoms with E-state index in [0.717, 1.165) is 19.4 Å². The van der Waals surface area contributed by atoms with Crippen LogP contribution in [0.2, 0.25) is 0 Å². The van der Waals surface area contributed by atoms with Gasteiger partial charge >= 0.3 is 0 Å². The Labute approximate surface area is 109 Å². The highest BCUT2D eigenvalue weighted by Gasteiger charge is 2.09. The van der Waals surface area contributed by atoms with Crippen molar-refractivity contribution < 1.29 is 8.78 Å². The van der Waals surface area contributed by atoms with E-state index in [0.29, 0.717) is 17.5 Å². The lowest BCUT2D eigenvalue weighted by Gasteiger charge is -2.20. The van der Waals surface area contributed by atoms with Crippen molar-refractivity contribution in [1.29, 1.82) is 0 Å². The number of halogens is 2. The fourth-order valence-electron chi connectivity index (χ4n) is 1.78. The number of nitrogens with one attached hydrogen (secondary N) is 1. The molecule has 0 heterocycles. The summed E-state index contributed by atoms with van der Waals surface area (Å²) in [4.78, 5) is 0. The van der Waals surface area contributed by atoms with E-state index in [4.69, 9.17) is 0 Å². The molecule has 1 aromatic carbocycles. The van der Waals surface area contributed by atoms with Crippen molar-refractivity contribution >= 4 is 0 Å². The quantitative estimate of drug-likeness (QED) is 0.785. The fourth-order valence-corrected chi connectivity index (χ4v) is 1.78. The highest BCUT2D eigenvalue weighted by molar-refractivity contribution is 5.25. The van der Waals surface area contributed by atoms with Crippen LogP contribution in [0.25, 0.3) is 0 Å². The summed E-state index contributed by atoms with van der Waals surface area (Å²) in [6.45, 7) is 8.82. The van der Waals surface area contributed by atoms with Crippen LogP contribution < -0.4 is 5.32 Å². The standard InChI is InChI=1S/C15H23F2N/c1-11-9-14(17)12(10-13(11)16)7-5-6-8-18-15(2,3)4/h9-10,18H,5-8H2,1-4H3. The molecule has 1 rings (SSSR count). The zero-order valence-electron chi connectivity index (χ0n) is 11.7. The van der Waals surface area contributed by atoms with Crippen molar-refractivity contribution in [2.75, 3.05) is 6.54 Å². The number of unbranched alkanes of at least 4 members (excludes halogenated alkanes) is 1. The summed E-state index contributed by atoms with van der Waals surface area (Å²) < 4.78 is 26.9. The molecule has 1 nitrogen and oxygen atoms in total. The number of hydrogen-bond donors (Lipinski definition) is 1. The molecule has 1 aromatic rings. The van der Waals surface area contributed by atoms with Gasteiger partial charge in [-0.3, -0.25) is 0 Å². The third kappa shape index (κ3) is 5.13. The van der Waals surface area contributed by atoms with Crippen LogP contribution in [0.5, 0.6) is 0 Å². The Kier molecular flexibility index (Phi) is 5.27. The Morgan fingerprint density at radius 3 is 2.33 bits per heavy atom. The highest BCUT2D eigenvalue weighted by Crippen LogP contribution is 2.16. The lowest BCUT2D eigenvalue weighted by atomic mass is 10.0. The molecular formula is C15H23F2N. The molecule has 0 spiro atoms. The van der Waals surface area contributed by atoms with Gasteiger partial charge in [-0.05, 0) is 76.8 Å². The van der Waals surface area contributed by atoms with Crippen LogP contribution in [0.1, 0.15) is 44.7 Å². The Morgan fingerprint density at radius 2 is 1.72 bits per heavy atom. The van der Waals surface area contributed by atoms with Gasteiger partial charge in [0.15, 0.2) is 0 Å². The predicted octanol–water partition coefficient (Wildman–Crippen LogP) is 3.98. The first-order valence-electron chi connectivity index (χ1n) is 6.49. The van der Waals surface area contributed by atoms with E-state index in [2.05, 4.69) is 26.1 Å². The third-order valence-electron chi connectivity index (χ3n) is 2.86. The zero-order chi connectivity index (χ0) is 13.8. The van der Waals surface area contributed by atoms with Gasteiger partial charge < -0.3 is 5.32 Å². The van der Waals surface area contributed by atoms with E-state index in [1.807, 2.05) is 0 Å². The summed E-state index contributed by atoms with van der Waals surface area (Å²) >= 11 is 0. The molecule has 0 saturated heterocycles. The van der Waals surface area contributed by atoms with Crippen molar-refractivity contribution in [3.05, 3.63) is 34.9 Å². The lowest BCUT2D eigenvalue weighted by Crippen LogP contribution is -2.36. The minimum Gasteiger partial charge on any atom is -0.312 e. The highest BCUT2D eigenvalue weighted by atomic mass is 19.1. The summed E-state index contributed by atoms with van der Waals surface area (Å²) in [6, 6.07) is 2.60. The van der Waals surface area contributed by atoms with E-state index >= 15 is 0 Å². The second kappa shape index (κ2) is 6.28. The first-order chi connectivity index (χ1) is 8.29. The van der Waals surface area contributed by atoms with Gasteiger partial charge in [-0.2, -0.15) is 0 Å². The van der Waals surface area contributed by atoms with Crippen molar-refractivity contribution in [2.45, 2.75) is 52.5 Å². The van der Waals surface area contributed by atoms with E-state index in [-0.39, 0.29) is 17.2 Å². The molecule has 0 bridgehead atoms. The van der Waals surface area contributed by atoms with Crippen molar-refractivity contribution in [3.63, 3.8) is 0 Å². The summed E-state index contributed by atoms with van der Waals surface area (Å²) in [5.74, 6) is -0.614. The predicted molar refractivity (Wildman–Crippen MR) is 71.8 cm³/mol. The molecular weight excluding hydrogens is 232 g/mol. The maximum absolute atomic E-state index is 13.5. The number of aryl methyl sites for hydroxylation is 2. The molecule has 0 radical (unpaired) electrons. The second-order valence-electron chi connectivity index (χ2n) is 5.83. The zero-order valence-corrected chi connectivity index (χ0v) is 11.7. The Bertz CT molecular complexity index is 394. The average Bonchev–Trinajstić information content (AvgIpc) is 2.23. The first-order valence-corrected chi connectivity index (χ1v) is 6.49. The molecule has 0 saturated carbocycles. The first kappa shape index (κ1) is 15.1. The summed E-state index contributed by atoms with van der Waals surface area (Å²) in [5, 5.41) is 3.38. The summed E-state index contributed by atoms with van der Waals surface area (Å²) in [5.41, 5.74) is 0.959. The lowest BCUT2D eigenvalue weighted by molar-refractivity contribution is 0.418. The topological polar surface area (TPSA) is 12.0 Å². The van der Waals surface area contributed by atoms with Gasteiger partial charge in [0.2, 0.25) is 0 Å². The smallest absolute Gasteiger partial charge is 0.126 e. The molecule has 0 unspecified atom stereocenters. The van der Waals surface area contributed by atoms with E-state index in [9.17, 15) is 8.78 Å². The Hall–Kier alpha value is -0.960. The molecule has 1 N–H and O–H groups in total. The SMILES string of the molecule is Cc1cc(F)c(CCCCNC(C)(C)C)cc1F. The second-order valence-corrected chi connectivity index (χ2v) is 5.83. The van der Waals surface area contributed by atoms with E-state index in [1.165, 1.54) is 12.1 Å². The number of hydrogen-bond acceptors (Lipinski definition) is 1. The van der Waals surface area contributed by atoms with E-state index in [1.54, 1.807) is 6.92 Å². The van der Waals surface area contributed by atoms with Crippen LogP contribution in [0, 0.1) is 18.6 Å². The maximum atomic E-state index is 13.5. The molecule has 0 aliphatic rings. The van der Waals surface area contributed by atoms with E-state index < -0.39 is 0 Å². The molecule has 18 heavy (non-hydrogen) atoms. The summed E-state index contributed by atoms with van der Waals surface area (Å²) in [6.07, 6.45) is 2.42. The molecule has 0 aliphatic heterocycles. The van der Waals surface area contributed by atoms with Gasteiger partial charge in [0.1, 0.15) is 11.6 Å². The molecule has 3 heteroatoms. The van der Waals surface area contributed by atoms with Gasteiger partial charge in [0, 0.05) is 5.54 Å². The normalized spacial score (nSPS) is 11.9. The average molecular weight is 255 g/mol. The van der Waals surface area contributed by atoms with Crippen LogP contribution in [-0.4, -0.2) is 12.1 Å². The van der Waals surface area contributed by atoms with Crippen LogP contribution in [0.4, 0.5) is 8.78 Å². The minimum atomic E-state index is -0.320. The molecule has 102 valence electrons. The third-order valence-corrected chi connectivity index (χ3v) is 2.86. The van der Waals surface area contributed by atoms with Crippen LogP contribution >= 0.6 is 0 Å². The van der Waals surface area contributed by atoms with Gasteiger partial charge in [-0.25, -0.2) is 8.78 Å². The van der Waals surface area contributed by atoms with Crippen molar-refractivity contribution in [1.82, 2.24) is 5.32 Å². The van der Waals surface area contributed by atoms with Crippen molar-refractivity contribution in [2.24, 2.45) is 0 Å². The van der Waals surface area contributed by atoms with Crippen LogP contribution in [-0.2, 0) is 6.42 Å². The van der Waals surface area contributed by atoms with Gasteiger partial charge in [0.25, 0.3) is 0 Å². The molecule has 0 atom stereocenters. The minimum absolute atomic E-state index is 0.112. The van der Waals surface area contributed by atoms with Crippen LogP contribution in [0.15, 0.2) is 12.1 Å². The molecule has 0 aliphatic carbocycles. The maximum Gasteiger partial charge on any atom is 0.126 e. The molecule has 0 aromatic heterocycles. The van der Waals surface area contributed by atoms with Crippen LogP contribution in [0.3, 0.4) is 0 Å². The van der Waals surface area contributed by atoms with Crippen molar-refractivity contribution in [3.8, 4) is 0 Å². The number of benzene rings is 1. The number of rotatable bonds is 5. The molecule has 0 amide bonds. The Balaban J connectivity index is 2.38. The fraction of sp³-hybridized carbons (Fsp3) is 0.600. The largest absolute Gasteiger partial charge is 0.312 e.